The van der Waals surface area contributed by atoms with Gasteiger partial charge in [-0.2, -0.15) is 4.57 Å². The minimum Gasteiger partial charge on any atom is -0.493 e. The number of hydrogen-bond donors (Lipinski definition) is 1. The highest BCUT2D eigenvalue weighted by atomic mass is 16.5. The van der Waals surface area contributed by atoms with Gasteiger partial charge in [0.05, 0.1) is 44.6 Å². The van der Waals surface area contributed by atoms with Crippen LogP contribution >= 0.6 is 0 Å². The minimum atomic E-state index is -0.168. The number of pyridine rings is 1. The molecule has 0 bridgehead atoms. The number of methoxy groups -OCH3 is 4. The third-order valence-electron chi connectivity index (χ3n) is 7.29. The number of nitrogens with zero attached hydrogens (tertiary/aromatic N) is 1. The maximum atomic E-state index is 10.4. The molecule has 34 heavy (non-hydrogen) atoms. The van der Waals surface area contributed by atoms with Gasteiger partial charge in [-0.25, -0.2) is 0 Å². The van der Waals surface area contributed by atoms with Gasteiger partial charge in [0, 0.05) is 10.9 Å². The molecule has 178 valence electrons. The zero-order chi connectivity index (χ0) is 23.8. The van der Waals surface area contributed by atoms with Gasteiger partial charge < -0.3 is 24.1 Å². The molecule has 1 aliphatic rings. The summed E-state index contributed by atoms with van der Waals surface area (Å²) in [5, 5.41) is 15.6. The molecule has 3 aromatic carbocycles. The van der Waals surface area contributed by atoms with Gasteiger partial charge in [0.25, 0.3) is 6.73 Å². The SMILES string of the molecule is COc1cc2c(ccc3c4ccc(OC)c(OC)c4c[n+](CO)c23)c(C2CCCCC2)c1OC. The largest absolute Gasteiger partial charge is 0.493 e. The Morgan fingerprint density at radius 3 is 2.06 bits per heavy atom. The van der Waals surface area contributed by atoms with E-state index < -0.39 is 0 Å². The van der Waals surface area contributed by atoms with E-state index in [1.54, 1.807) is 28.4 Å². The van der Waals surface area contributed by atoms with Crippen LogP contribution in [-0.4, -0.2) is 33.5 Å². The Morgan fingerprint density at radius 1 is 0.735 bits per heavy atom. The molecule has 0 saturated heterocycles. The van der Waals surface area contributed by atoms with Gasteiger partial charge in [0.15, 0.2) is 29.2 Å². The van der Waals surface area contributed by atoms with Gasteiger partial charge in [-0.05, 0) is 48.4 Å². The summed E-state index contributed by atoms with van der Waals surface area (Å²) in [5.74, 6) is 3.28. The van der Waals surface area contributed by atoms with Crippen molar-refractivity contribution in [1.29, 1.82) is 0 Å². The summed E-state index contributed by atoms with van der Waals surface area (Å²) in [6.45, 7) is -0.168. The molecule has 0 atom stereocenters. The van der Waals surface area contributed by atoms with Gasteiger partial charge in [-0.15, -0.1) is 0 Å². The fourth-order valence-corrected chi connectivity index (χ4v) is 5.77. The fraction of sp³-hybridized carbons (Fsp3) is 0.393. The number of aromatic nitrogens is 1. The number of aliphatic hydroxyl groups is 1. The van der Waals surface area contributed by atoms with E-state index in [0.717, 1.165) is 56.8 Å². The molecule has 1 N–H and O–H groups in total. The first-order valence-electron chi connectivity index (χ1n) is 11.9. The molecule has 6 nitrogen and oxygen atoms in total. The zero-order valence-corrected chi connectivity index (χ0v) is 20.3. The second-order valence-corrected chi connectivity index (χ2v) is 8.92. The molecule has 1 saturated carbocycles. The van der Waals surface area contributed by atoms with Gasteiger partial charge in [0.2, 0.25) is 5.52 Å². The molecule has 6 heteroatoms. The number of ether oxygens (including phenoxy) is 4. The van der Waals surface area contributed by atoms with Crippen molar-refractivity contribution in [3.63, 3.8) is 0 Å². The number of benzene rings is 3. The van der Waals surface area contributed by atoms with E-state index in [1.807, 2.05) is 22.9 Å². The van der Waals surface area contributed by atoms with Crippen LogP contribution in [0.25, 0.3) is 32.4 Å². The van der Waals surface area contributed by atoms with Crippen molar-refractivity contribution in [1.82, 2.24) is 0 Å². The monoisotopic (exact) mass is 462 g/mol. The lowest BCUT2D eigenvalue weighted by Crippen LogP contribution is -2.34. The van der Waals surface area contributed by atoms with Crippen LogP contribution in [0.2, 0.25) is 0 Å². The zero-order valence-electron chi connectivity index (χ0n) is 20.3. The predicted molar refractivity (Wildman–Crippen MR) is 133 cm³/mol. The van der Waals surface area contributed by atoms with Gasteiger partial charge in [-0.3, -0.25) is 0 Å². The van der Waals surface area contributed by atoms with E-state index in [1.165, 1.54) is 24.8 Å². The fourth-order valence-electron chi connectivity index (χ4n) is 5.77. The molecule has 0 spiro atoms. The smallest absolute Gasteiger partial charge is 0.250 e. The maximum absolute atomic E-state index is 10.4. The third kappa shape index (κ3) is 3.40. The first-order valence-corrected chi connectivity index (χ1v) is 11.9. The second-order valence-electron chi connectivity index (χ2n) is 8.92. The van der Waals surface area contributed by atoms with E-state index >= 15 is 0 Å². The van der Waals surface area contributed by atoms with Crippen LogP contribution in [-0.2, 0) is 6.73 Å². The van der Waals surface area contributed by atoms with E-state index in [9.17, 15) is 5.11 Å². The number of aliphatic hydroxyl groups excluding tert-OH is 1. The van der Waals surface area contributed by atoms with Crippen LogP contribution in [0, 0.1) is 0 Å². The van der Waals surface area contributed by atoms with Crippen molar-refractivity contribution >= 4 is 32.4 Å². The van der Waals surface area contributed by atoms with Crippen LogP contribution in [0.5, 0.6) is 23.0 Å². The molecule has 0 aliphatic heterocycles. The Bertz CT molecular complexity index is 1370. The lowest BCUT2D eigenvalue weighted by atomic mass is 9.81. The van der Waals surface area contributed by atoms with E-state index in [2.05, 4.69) is 18.2 Å². The molecule has 1 aromatic heterocycles. The average molecular weight is 463 g/mol. The molecule has 5 rings (SSSR count). The average Bonchev–Trinajstić information content (AvgIpc) is 2.90. The van der Waals surface area contributed by atoms with E-state index in [-0.39, 0.29) is 6.73 Å². The van der Waals surface area contributed by atoms with E-state index in [4.69, 9.17) is 18.9 Å². The molecule has 1 fully saturated rings. The van der Waals surface area contributed by atoms with Crippen molar-refractivity contribution in [2.75, 3.05) is 28.4 Å². The summed E-state index contributed by atoms with van der Waals surface area (Å²) in [7, 11) is 6.67. The summed E-state index contributed by atoms with van der Waals surface area (Å²) in [4.78, 5) is 0. The van der Waals surface area contributed by atoms with Gasteiger partial charge >= 0.3 is 0 Å². The van der Waals surface area contributed by atoms with Crippen molar-refractivity contribution < 1.29 is 28.6 Å². The van der Waals surface area contributed by atoms with Crippen LogP contribution in [0.1, 0.15) is 43.6 Å². The lowest BCUT2D eigenvalue weighted by Gasteiger charge is -2.26. The molecule has 4 aromatic rings. The minimum absolute atomic E-state index is 0.168. The topological polar surface area (TPSA) is 61.0 Å². The highest BCUT2D eigenvalue weighted by Gasteiger charge is 2.28. The summed E-state index contributed by atoms with van der Waals surface area (Å²) in [6.07, 6.45) is 7.96. The van der Waals surface area contributed by atoms with E-state index in [0.29, 0.717) is 17.4 Å². The summed E-state index contributed by atoms with van der Waals surface area (Å²) < 4.78 is 24.8. The number of rotatable bonds is 6. The van der Waals surface area contributed by atoms with Crippen LogP contribution < -0.4 is 23.5 Å². The van der Waals surface area contributed by atoms with Gasteiger partial charge in [0.1, 0.15) is 0 Å². The lowest BCUT2D eigenvalue weighted by molar-refractivity contribution is -0.704. The molecule has 1 aliphatic carbocycles. The quantitative estimate of drug-likeness (QED) is 0.304. The third-order valence-corrected chi connectivity index (χ3v) is 7.29. The maximum Gasteiger partial charge on any atom is 0.250 e. The Kier molecular flexibility index (Phi) is 6.09. The first kappa shape index (κ1) is 22.5. The Hall–Kier alpha value is -3.25. The van der Waals surface area contributed by atoms with Crippen LogP contribution in [0.4, 0.5) is 0 Å². The van der Waals surface area contributed by atoms with Crippen molar-refractivity contribution in [2.45, 2.75) is 44.8 Å². The summed E-state index contributed by atoms with van der Waals surface area (Å²) in [5.41, 5.74) is 2.17. The Labute approximate surface area is 199 Å². The Morgan fingerprint density at radius 2 is 1.41 bits per heavy atom. The Balaban J connectivity index is 1.93. The molecular weight excluding hydrogens is 430 g/mol. The van der Waals surface area contributed by atoms with Crippen LogP contribution in [0.3, 0.4) is 0 Å². The molecular formula is C28H32NO5+. The number of fused-ring (bicyclic) bond motifs is 5. The predicted octanol–water partition coefficient (Wildman–Crippen LogP) is 5.47. The van der Waals surface area contributed by atoms with Crippen molar-refractivity contribution in [3.8, 4) is 23.0 Å². The van der Waals surface area contributed by atoms with Crippen LogP contribution in [0.15, 0.2) is 36.5 Å². The van der Waals surface area contributed by atoms with Crippen molar-refractivity contribution in [2.24, 2.45) is 0 Å². The normalized spacial score (nSPS) is 14.6. The van der Waals surface area contributed by atoms with Gasteiger partial charge in [-0.1, -0.05) is 25.3 Å². The number of hydrogen-bond acceptors (Lipinski definition) is 5. The highest BCUT2D eigenvalue weighted by Crippen LogP contribution is 2.48. The molecule has 0 unspecified atom stereocenters. The summed E-state index contributed by atoms with van der Waals surface area (Å²) in [6, 6.07) is 10.4. The summed E-state index contributed by atoms with van der Waals surface area (Å²) >= 11 is 0. The standard InChI is InChI=1S/C28H32NO5/c1-31-23-13-12-18-20-11-10-19-21(26(20)29(16-30)15-22(18)27(23)33-3)14-24(32-2)28(34-4)25(19)17-8-6-5-7-9-17/h10-15,17,30H,5-9,16H2,1-4H3/q+1. The molecule has 1 heterocycles. The molecule has 0 radical (unpaired) electrons. The highest BCUT2D eigenvalue weighted by molar-refractivity contribution is 6.16. The molecule has 0 amide bonds. The first-order chi connectivity index (χ1) is 16.7. The second kappa shape index (κ2) is 9.18. The van der Waals surface area contributed by atoms with Crippen molar-refractivity contribution in [3.05, 3.63) is 42.1 Å².